The van der Waals surface area contributed by atoms with Crippen LogP contribution < -0.4 is 10.5 Å². The van der Waals surface area contributed by atoms with Gasteiger partial charge < -0.3 is 10.5 Å². The molecule has 0 unspecified atom stereocenters. The smallest absolute Gasteiger partial charge is 0.249 e. The van der Waals surface area contributed by atoms with Gasteiger partial charge in [0, 0.05) is 17.2 Å². The number of hydrogen-bond donors (Lipinski definition) is 1. The van der Waals surface area contributed by atoms with Gasteiger partial charge in [0.25, 0.3) is 0 Å². The van der Waals surface area contributed by atoms with Gasteiger partial charge in [-0.1, -0.05) is 18.2 Å². The van der Waals surface area contributed by atoms with Gasteiger partial charge in [-0.15, -0.1) is 0 Å². The van der Waals surface area contributed by atoms with E-state index in [0.717, 1.165) is 6.07 Å². The molecule has 0 aliphatic carbocycles. The molecule has 1 amide bonds. The lowest BCUT2D eigenvalue weighted by Gasteiger charge is -2.09. The molecule has 0 atom stereocenters. The average Bonchev–Trinajstić information content (AvgIpc) is 2.45. The highest BCUT2D eigenvalue weighted by molar-refractivity contribution is 5.94. The van der Waals surface area contributed by atoms with E-state index < -0.39 is 11.7 Å². The van der Waals surface area contributed by atoms with E-state index in [1.54, 1.807) is 30.3 Å². The third-order valence-corrected chi connectivity index (χ3v) is 2.74. The molecule has 0 spiro atoms. The molecule has 0 aliphatic rings. The highest BCUT2D eigenvalue weighted by atomic mass is 19.1. The number of benzene rings is 2. The molecule has 2 aromatic rings. The summed E-state index contributed by atoms with van der Waals surface area (Å²) in [6.07, 6.45) is 0. The molecule has 5 heteroatoms. The zero-order valence-electron chi connectivity index (χ0n) is 10.5. The molecule has 20 heavy (non-hydrogen) atoms. The number of carbonyl (C=O) groups is 1. The van der Waals surface area contributed by atoms with E-state index in [1.165, 1.54) is 12.1 Å². The molecule has 0 aliphatic heterocycles. The van der Waals surface area contributed by atoms with Crippen molar-refractivity contribution in [2.24, 2.45) is 5.73 Å². The molecular weight excluding hydrogens is 259 g/mol. The zero-order chi connectivity index (χ0) is 14.5. The molecule has 2 rings (SSSR count). The fraction of sp³-hybridized carbons (Fsp3) is 0.0667. The van der Waals surface area contributed by atoms with E-state index in [-0.39, 0.29) is 17.9 Å². The molecule has 0 saturated carbocycles. The zero-order valence-corrected chi connectivity index (χ0v) is 10.5. The summed E-state index contributed by atoms with van der Waals surface area (Å²) in [4.78, 5) is 11.2. The SMILES string of the molecule is N#Cc1ccc(OCc2ccccc2C(N)=O)cc1F. The summed E-state index contributed by atoms with van der Waals surface area (Å²) >= 11 is 0. The largest absolute Gasteiger partial charge is 0.489 e. The quantitative estimate of drug-likeness (QED) is 0.926. The molecule has 2 aromatic carbocycles. The van der Waals surface area contributed by atoms with Gasteiger partial charge >= 0.3 is 0 Å². The van der Waals surface area contributed by atoms with Crippen LogP contribution in [0.5, 0.6) is 5.75 Å². The number of carbonyl (C=O) groups excluding carboxylic acids is 1. The van der Waals surface area contributed by atoms with Crippen molar-refractivity contribution in [1.82, 2.24) is 0 Å². The van der Waals surface area contributed by atoms with Crippen LogP contribution in [0.25, 0.3) is 0 Å². The number of rotatable bonds is 4. The third kappa shape index (κ3) is 2.93. The Bertz CT molecular complexity index is 693. The Hall–Kier alpha value is -2.87. The second-order valence-corrected chi connectivity index (χ2v) is 4.06. The first-order valence-electron chi connectivity index (χ1n) is 5.82. The normalized spacial score (nSPS) is 9.80. The van der Waals surface area contributed by atoms with Crippen LogP contribution in [-0.4, -0.2) is 5.91 Å². The molecule has 0 radical (unpaired) electrons. The van der Waals surface area contributed by atoms with Crippen LogP contribution >= 0.6 is 0 Å². The van der Waals surface area contributed by atoms with Crippen LogP contribution in [0.15, 0.2) is 42.5 Å². The van der Waals surface area contributed by atoms with E-state index in [2.05, 4.69) is 0 Å². The van der Waals surface area contributed by atoms with E-state index in [9.17, 15) is 9.18 Å². The topological polar surface area (TPSA) is 76.1 Å². The number of nitrogens with zero attached hydrogens (tertiary/aromatic N) is 1. The second-order valence-electron chi connectivity index (χ2n) is 4.06. The summed E-state index contributed by atoms with van der Waals surface area (Å²) in [6.45, 7) is 0.0878. The van der Waals surface area contributed by atoms with Crippen LogP contribution in [0.2, 0.25) is 0 Å². The minimum Gasteiger partial charge on any atom is -0.489 e. The summed E-state index contributed by atoms with van der Waals surface area (Å²) < 4.78 is 18.8. The van der Waals surface area contributed by atoms with Gasteiger partial charge in [-0.25, -0.2) is 4.39 Å². The van der Waals surface area contributed by atoms with Gasteiger partial charge in [0.15, 0.2) is 0 Å². The summed E-state index contributed by atoms with van der Waals surface area (Å²) in [7, 11) is 0. The molecule has 0 saturated heterocycles. The molecular formula is C15H11FN2O2. The van der Waals surface area contributed by atoms with Crippen molar-refractivity contribution < 1.29 is 13.9 Å². The van der Waals surface area contributed by atoms with Crippen molar-refractivity contribution in [2.45, 2.75) is 6.61 Å². The third-order valence-electron chi connectivity index (χ3n) is 2.74. The maximum absolute atomic E-state index is 13.4. The highest BCUT2D eigenvalue weighted by Crippen LogP contribution is 2.18. The Balaban J connectivity index is 2.15. The molecule has 100 valence electrons. The van der Waals surface area contributed by atoms with Gasteiger partial charge in [-0.05, 0) is 18.2 Å². The van der Waals surface area contributed by atoms with E-state index in [0.29, 0.717) is 11.1 Å². The second kappa shape index (κ2) is 5.85. The van der Waals surface area contributed by atoms with Gasteiger partial charge in [-0.2, -0.15) is 5.26 Å². The Kier molecular flexibility index (Phi) is 3.96. The number of amides is 1. The minimum atomic E-state index is -0.645. The number of ether oxygens (including phenoxy) is 1. The van der Waals surface area contributed by atoms with Gasteiger partial charge in [-0.3, -0.25) is 4.79 Å². The van der Waals surface area contributed by atoms with E-state index in [4.69, 9.17) is 15.7 Å². The summed E-state index contributed by atoms with van der Waals surface area (Å²) in [5.74, 6) is -0.913. The lowest BCUT2D eigenvalue weighted by Crippen LogP contribution is -2.14. The summed E-state index contributed by atoms with van der Waals surface area (Å²) in [5, 5.41) is 8.63. The first-order chi connectivity index (χ1) is 9.61. The summed E-state index contributed by atoms with van der Waals surface area (Å²) in [6, 6.07) is 12.5. The van der Waals surface area contributed by atoms with Gasteiger partial charge in [0.2, 0.25) is 5.91 Å². The van der Waals surface area contributed by atoms with E-state index >= 15 is 0 Å². The maximum atomic E-state index is 13.4. The fourth-order valence-corrected chi connectivity index (χ4v) is 1.72. The van der Waals surface area contributed by atoms with Crippen molar-refractivity contribution in [3.8, 4) is 11.8 Å². The van der Waals surface area contributed by atoms with Crippen LogP contribution in [0, 0.1) is 17.1 Å². The Morgan fingerprint density at radius 3 is 2.70 bits per heavy atom. The predicted molar refractivity (Wildman–Crippen MR) is 70.4 cm³/mol. The standard InChI is InChI=1S/C15H11FN2O2/c16-14-7-12(6-5-10(14)8-17)20-9-11-3-1-2-4-13(11)15(18)19/h1-7H,9H2,(H2,18,19). The minimum absolute atomic E-state index is 0.0464. The lowest BCUT2D eigenvalue weighted by molar-refractivity contribution is 0.0998. The fourth-order valence-electron chi connectivity index (χ4n) is 1.72. The molecule has 0 fully saturated rings. The van der Waals surface area contributed by atoms with E-state index in [1.807, 2.05) is 0 Å². The number of hydrogen-bond acceptors (Lipinski definition) is 3. The number of nitriles is 1. The van der Waals surface area contributed by atoms with Gasteiger partial charge in [0.05, 0.1) is 5.56 Å². The number of nitrogens with two attached hydrogens (primary N) is 1. The molecule has 2 N–H and O–H groups in total. The van der Waals surface area contributed by atoms with Crippen LogP contribution in [0.3, 0.4) is 0 Å². The van der Waals surface area contributed by atoms with Gasteiger partial charge in [0.1, 0.15) is 24.2 Å². The number of halogens is 1. The molecule has 0 aromatic heterocycles. The van der Waals surface area contributed by atoms with Crippen LogP contribution in [0.4, 0.5) is 4.39 Å². The molecule has 0 bridgehead atoms. The molecule has 0 heterocycles. The van der Waals surface area contributed by atoms with Crippen molar-refractivity contribution >= 4 is 5.91 Å². The Labute approximate surface area is 115 Å². The molecule has 4 nitrogen and oxygen atoms in total. The Morgan fingerprint density at radius 2 is 2.05 bits per heavy atom. The Morgan fingerprint density at radius 1 is 1.30 bits per heavy atom. The number of primary amides is 1. The van der Waals surface area contributed by atoms with Crippen molar-refractivity contribution in [1.29, 1.82) is 5.26 Å². The maximum Gasteiger partial charge on any atom is 0.249 e. The van der Waals surface area contributed by atoms with Crippen LogP contribution in [0.1, 0.15) is 21.5 Å². The summed E-state index contributed by atoms with van der Waals surface area (Å²) in [5.41, 5.74) is 6.19. The lowest BCUT2D eigenvalue weighted by atomic mass is 10.1. The average molecular weight is 270 g/mol. The first-order valence-corrected chi connectivity index (χ1v) is 5.82. The highest BCUT2D eigenvalue weighted by Gasteiger charge is 2.08. The monoisotopic (exact) mass is 270 g/mol. The predicted octanol–water partition coefficient (Wildman–Crippen LogP) is 2.38. The van der Waals surface area contributed by atoms with Crippen molar-refractivity contribution in [3.05, 3.63) is 65.0 Å². The first kappa shape index (κ1) is 13.6. The van der Waals surface area contributed by atoms with Crippen molar-refractivity contribution in [3.63, 3.8) is 0 Å². The van der Waals surface area contributed by atoms with Crippen LogP contribution in [-0.2, 0) is 6.61 Å². The van der Waals surface area contributed by atoms with Crippen molar-refractivity contribution in [2.75, 3.05) is 0 Å².